The van der Waals surface area contributed by atoms with Gasteiger partial charge in [-0.05, 0) is 44.0 Å². The Bertz CT molecular complexity index is 516. The van der Waals surface area contributed by atoms with Gasteiger partial charge in [0.1, 0.15) is 0 Å². The fraction of sp³-hybridized carbons (Fsp3) is 0.529. The second-order valence-electron chi connectivity index (χ2n) is 5.85. The van der Waals surface area contributed by atoms with E-state index in [-0.39, 0.29) is 30.1 Å². The van der Waals surface area contributed by atoms with Gasteiger partial charge >= 0.3 is 0 Å². The molecular weight excluding hydrogens is 314 g/mol. The van der Waals surface area contributed by atoms with Gasteiger partial charge in [0.2, 0.25) is 11.8 Å². The number of hydrogen-bond acceptors (Lipinski definition) is 3. The van der Waals surface area contributed by atoms with E-state index in [1.165, 1.54) is 6.42 Å². The van der Waals surface area contributed by atoms with Crippen molar-refractivity contribution >= 4 is 35.6 Å². The van der Waals surface area contributed by atoms with Crippen molar-refractivity contribution in [3.63, 3.8) is 0 Å². The van der Waals surface area contributed by atoms with Gasteiger partial charge in [0.05, 0.1) is 0 Å². The van der Waals surface area contributed by atoms with E-state index in [1.54, 1.807) is 6.07 Å². The van der Waals surface area contributed by atoms with Crippen LogP contribution < -0.4 is 16.4 Å². The average Bonchev–Trinajstić information content (AvgIpc) is 2.54. The highest BCUT2D eigenvalue weighted by Crippen LogP contribution is 2.25. The normalized spacial score (nSPS) is 14.7. The highest BCUT2D eigenvalue weighted by Gasteiger charge is 2.21. The molecule has 1 fully saturated rings. The summed E-state index contributed by atoms with van der Waals surface area (Å²) >= 11 is 0. The van der Waals surface area contributed by atoms with Crippen molar-refractivity contribution in [3.05, 3.63) is 24.3 Å². The number of benzene rings is 1. The zero-order chi connectivity index (χ0) is 15.8. The van der Waals surface area contributed by atoms with Crippen molar-refractivity contribution in [2.24, 2.45) is 11.7 Å². The predicted octanol–water partition coefficient (Wildman–Crippen LogP) is 3.30. The number of amides is 2. The summed E-state index contributed by atoms with van der Waals surface area (Å²) in [7, 11) is 0. The van der Waals surface area contributed by atoms with E-state index in [1.807, 2.05) is 18.2 Å². The van der Waals surface area contributed by atoms with E-state index >= 15 is 0 Å². The maximum absolute atomic E-state index is 12.2. The number of nitrogens with one attached hydrogen (secondary N) is 2. The van der Waals surface area contributed by atoms with Crippen LogP contribution in [0, 0.1) is 5.92 Å². The minimum Gasteiger partial charge on any atom is -0.330 e. The lowest BCUT2D eigenvalue weighted by Crippen LogP contribution is -2.24. The molecule has 0 aliphatic heterocycles. The Hall–Kier alpha value is -1.59. The zero-order valence-corrected chi connectivity index (χ0v) is 14.2. The molecule has 5 nitrogen and oxygen atoms in total. The van der Waals surface area contributed by atoms with E-state index in [0.29, 0.717) is 25.1 Å². The Kier molecular flexibility index (Phi) is 8.66. The highest BCUT2D eigenvalue weighted by atomic mass is 35.5. The third-order valence-electron chi connectivity index (χ3n) is 4.00. The summed E-state index contributed by atoms with van der Waals surface area (Å²) in [6.07, 6.45) is 6.53. The SMILES string of the molecule is Cl.NCCCC(=O)Nc1cccc(NC(=O)C2CCCCC2)c1. The van der Waals surface area contributed by atoms with Crippen molar-refractivity contribution in [1.29, 1.82) is 0 Å². The summed E-state index contributed by atoms with van der Waals surface area (Å²) in [4.78, 5) is 23.9. The molecule has 1 saturated carbocycles. The van der Waals surface area contributed by atoms with Gasteiger partial charge in [0.25, 0.3) is 0 Å². The zero-order valence-electron chi connectivity index (χ0n) is 13.3. The smallest absolute Gasteiger partial charge is 0.227 e. The van der Waals surface area contributed by atoms with Crippen molar-refractivity contribution in [2.45, 2.75) is 44.9 Å². The first-order valence-electron chi connectivity index (χ1n) is 8.10. The number of carbonyl (C=O) groups is 2. The van der Waals surface area contributed by atoms with E-state index in [9.17, 15) is 9.59 Å². The fourth-order valence-corrected chi connectivity index (χ4v) is 2.77. The second kappa shape index (κ2) is 10.2. The van der Waals surface area contributed by atoms with Crippen molar-refractivity contribution in [3.8, 4) is 0 Å². The van der Waals surface area contributed by atoms with Crippen LogP contribution >= 0.6 is 12.4 Å². The first-order chi connectivity index (χ1) is 10.7. The summed E-state index contributed by atoms with van der Waals surface area (Å²) in [6, 6.07) is 7.28. The molecule has 0 atom stereocenters. The van der Waals surface area contributed by atoms with Crippen molar-refractivity contribution in [2.75, 3.05) is 17.2 Å². The molecule has 6 heteroatoms. The number of anilines is 2. The largest absolute Gasteiger partial charge is 0.330 e. The second-order valence-corrected chi connectivity index (χ2v) is 5.85. The predicted molar refractivity (Wildman–Crippen MR) is 95.8 cm³/mol. The summed E-state index contributed by atoms with van der Waals surface area (Å²) in [6.45, 7) is 0.505. The molecule has 0 radical (unpaired) electrons. The third-order valence-corrected chi connectivity index (χ3v) is 4.00. The molecule has 0 bridgehead atoms. The number of rotatable bonds is 6. The molecule has 0 spiro atoms. The average molecular weight is 340 g/mol. The standard InChI is InChI=1S/C17H25N3O2.ClH/c18-11-5-10-16(21)19-14-8-4-9-15(12-14)20-17(22)13-6-2-1-3-7-13;/h4,8-9,12-13H,1-3,5-7,10-11,18H2,(H,19,21)(H,20,22);1H. The molecule has 1 aromatic rings. The summed E-state index contributed by atoms with van der Waals surface area (Å²) in [5, 5.41) is 5.78. The van der Waals surface area contributed by atoms with Crippen LogP contribution in [-0.4, -0.2) is 18.4 Å². The maximum atomic E-state index is 12.2. The first kappa shape index (κ1) is 19.5. The quantitative estimate of drug-likeness (QED) is 0.743. The minimum atomic E-state index is -0.0544. The molecule has 2 rings (SSSR count). The Morgan fingerprint density at radius 2 is 1.74 bits per heavy atom. The van der Waals surface area contributed by atoms with E-state index in [2.05, 4.69) is 10.6 Å². The molecule has 2 amide bonds. The molecule has 1 aliphatic rings. The molecule has 0 aromatic heterocycles. The molecular formula is C17H26ClN3O2. The Balaban J connectivity index is 0.00000264. The molecule has 23 heavy (non-hydrogen) atoms. The minimum absolute atomic E-state index is 0. The number of hydrogen-bond donors (Lipinski definition) is 3. The summed E-state index contributed by atoms with van der Waals surface area (Å²) in [5.74, 6) is 0.157. The van der Waals surface area contributed by atoms with Crippen LogP contribution in [0.25, 0.3) is 0 Å². The van der Waals surface area contributed by atoms with Gasteiger partial charge in [0.15, 0.2) is 0 Å². The van der Waals surface area contributed by atoms with Gasteiger partial charge in [-0.25, -0.2) is 0 Å². The molecule has 4 N–H and O–H groups in total. The van der Waals surface area contributed by atoms with Crippen LogP contribution in [0.15, 0.2) is 24.3 Å². The number of carbonyl (C=O) groups excluding carboxylic acids is 2. The van der Waals surface area contributed by atoms with Gasteiger partial charge in [-0.3, -0.25) is 9.59 Å². The third kappa shape index (κ3) is 6.59. The van der Waals surface area contributed by atoms with Crippen LogP contribution in [0.1, 0.15) is 44.9 Å². The van der Waals surface area contributed by atoms with Gasteiger partial charge < -0.3 is 16.4 Å². The van der Waals surface area contributed by atoms with Crippen LogP contribution in [0.3, 0.4) is 0 Å². The Labute approximate surface area is 143 Å². The van der Waals surface area contributed by atoms with Crippen LogP contribution in [0.5, 0.6) is 0 Å². The van der Waals surface area contributed by atoms with Gasteiger partial charge in [0, 0.05) is 23.7 Å². The van der Waals surface area contributed by atoms with Crippen LogP contribution in [-0.2, 0) is 9.59 Å². The summed E-state index contributed by atoms with van der Waals surface area (Å²) in [5.41, 5.74) is 6.82. The molecule has 0 unspecified atom stereocenters. The monoisotopic (exact) mass is 339 g/mol. The van der Waals surface area contributed by atoms with Crippen molar-refractivity contribution in [1.82, 2.24) is 0 Å². The van der Waals surface area contributed by atoms with Crippen molar-refractivity contribution < 1.29 is 9.59 Å². The molecule has 128 valence electrons. The van der Waals surface area contributed by atoms with Gasteiger partial charge in [-0.15, -0.1) is 12.4 Å². The fourth-order valence-electron chi connectivity index (χ4n) is 2.77. The number of halogens is 1. The Morgan fingerprint density at radius 1 is 1.09 bits per heavy atom. The van der Waals surface area contributed by atoms with Gasteiger partial charge in [-0.2, -0.15) is 0 Å². The van der Waals surface area contributed by atoms with E-state index in [4.69, 9.17) is 5.73 Å². The molecule has 1 aliphatic carbocycles. The maximum Gasteiger partial charge on any atom is 0.227 e. The summed E-state index contributed by atoms with van der Waals surface area (Å²) < 4.78 is 0. The van der Waals surface area contributed by atoms with E-state index < -0.39 is 0 Å². The van der Waals surface area contributed by atoms with E-state index in [0.717, 1.165) is 31.4 Å². The Morgan fingerprint density at radius 3 is 2.39 bits per heavy atom. The van der Waals surface area contributed by atoms with Gasteiger partial charge in [-0.1, -0.05) is 25.3 Å². The molecule has 0 saturated heterocycles. The lowest BCUT2D eigenvalue weighted by atomic mass is 9.88. The number of nitrogens with two attached hydrogens (primary N) is 1. The first-order valence-corrected chi connectivity index (χ1v) is 8.10. The topological polar surface area (TPSA) is 84.2 Å². The lowest BCUT2D eigenvalue weighted by molar-refractivity contribution is -0.120. The lowest BCUT2D eigenvalue weighted by Gasteiger charge is -2.20. The molecule has 0 heterocycles. The molecule has 1 aromatic carbocycles. The van der Waals surface area contributed by atoms with Crippen LogP contribution in [0.4, 0.5) is 11.4 Å². The highest BCUT2D eigenvalue weighted by molar-refractivity contribution is 5.95. The van der Waals surface area contributed by atoms with Crippen LogP contribution in [0.2, 0.25) is 0 Å².